The van der Waals surface area contributed by atoms with Crippen molar-refractivity contribution in [1.29, 1.82) is 0 Å². The van der Waals surface area contributed by atoms with Gasteiger partial charge in [0, 0.05) is 12.2 Å². The zero-order chi connectivity index (χ0) is 18.4. The summed E-state index contributed by atoms with van der Waals surface area (Å²) in [6.45, 7) is 0.171. The molecule has 0 aliphatic heterocycles. The average molecular weight is 365 g/mol. The van der Waals surface area contributed by atoms with Gasteiger partial charge in [-0.1, -0.05) is 18.2 Å². The number of hydrogen-bond acceptors (Lipinski definition) is 4. The molecule has 0 saturated heterocycles. The summed E-state index contributed by atoms with van der Waals surface area (Å²) >= 11 is 0. The van der Waals surface area contributed by atoms with Crippen LogP contribution < -0.4 is 15.8 Å². The van der Waals surface area contributed by atoms with E-state index in [9.17, 15) is 22.4 Å². The van der Waals surface area contributed by atoms with E-state index < -0.39 is 27.7 Å². The van der Waals surface area contributed by atoms with Gasteiger partial charge in [0.05, 0.1) is 4.90 Å². The highest BCUT2D eigenvalue weighted by atomic mass is 32.2. The molecular formula is C16H16FN3O4S. The van der Waals surface area contributed by atoms with E-state index in [0.717, 1.165) is 11.6 Å². The number of rotatable bonds is 5. The Kier molecular flexibility index (Phi) is 5.84. The molecule has 0 saturated carbocycles. The minimum atomic E-state index is -3.75. The van der Waals surface area contributed by atoms with E-state index in [4.69, 9.17) is 5.14 Å². The van der Waals surface area contributed by atoms with Crippen molar-refractivity contribution in [2.45, 2.75) is 11.3 Å². The molecule has 132 valence electrons. The third-order valence-corrected chi connectivity index (χ3v) is 4.17. The predicted octanol–water partition coefficient (Wildman–Crippen LogP) is 0.770. The summed E-state index contributed by atoms with van der Waals surface area (Å²) in [6.07, 6.45) is 0.393. The molecule has 0 aliphatic rings. The van der Waals surface area contributed by atoms with Gasteiger partial charge in [0.2, 0.25) is 10.0 Å². The second-order valence-electron chi connectivity index (χ2n) is 5.16. The summed E-state index contributed by atoms with van der Waals surface area (Å²) in [5, 5.41) is 9.71. The fourth-order valence-corrected chi connectivity index (χ4v) is 2.52. The van der Waals surface area contributed by atoms with E-state index in [1.165, 1.54) is 30.3 Å². The van der Waals surface area contributed by atoms with E-state index >= 15 is 0 Å². The molecule has 4 N–H and O–H groups in total. The van der Waals surface area contributed by atoms with Crippen molar-refractivity contribution < 1.29 is 22.4 Å². The minimum absolute atomic E-state index is 0.00485. The molecule has 7 nitrogen and oxygen atoms in total. The smallest absolute Gasteiger partial charge is 0.313 e. The summed E-state index contributed by atoms with van der Waals surface area (Å²) < 4.78 is 35.3. The molecule has 2 rings (SSSR count). The number of halogens is 1. The molecule has 0 fully saturated rings. The normalized spacial score (nSPS) is 11.0. The van der Waals surface area contributed by atoms with Crippen LogP contribution >= 0.6 is 0 Å². The van der Waals surface area contributed by atoms with Crippen LogP contribution in [-0.4, -0.2) is 26.8 Å². The van der Waals surface area contributed by atoms with Crippen LogP contribution in [-0.2, 0) is 26.0 Å². The Labute approximate surface area is 144 Å². The first kappa shape index (κ1) is 18.6. The Hall–Kier alpha value is -2.78. The SMILES string of the molecule is NS(=O)(=O)c1ccc(CCNC(=O)C(=O)Nc2cccc(F)c2)cc1. The number of benzene rings is 2. The van der Waals surface area contributed by atoms with Crippen LogP contribution in [0, 0.1) is 5.82 Å². The molecule has 0 heterocycles. The number of carbonyl (C=O) groups excluding carboxylic acids is 2. The fourth-order valence-electron chi connectivity index (χ4n) is 2.00. The van der Waals surface area contributed by atoms with E-state index in [-0.39, 0.29) is 17.1 Å². The topological polar surface area (TPSA) is 118 Å². The molecule has 0 aromatic heterocycles. The van der Waals surface area contributed by atoms with Gasteiger partial charge in [0.15, 0.2) is 0 Å². The van der Waals surface area contributed by atoms with Gasteiger partial charge in [-0.2, -0.15) is 0 Å². The summed E-state index contributed by atoms with van der Waals surface area (Å²) in [4.78, 5) is 23.4. The Morgan fingerprint density at radius 1 is 1.04 bits per heavy atom. The number of nitrogens with one attached hydrogen (secondary N) is 2. The van der Waals surface area contributed by atoms with Crippen LogP contribution in [0.25, 0.3) is 0 Å². The maximum absolute atomic E-state index is 13.0. The maximum atomic E-state index is 13.0. The molecule has 2 aromatic carbocycles. The zero-order valence-corrected chi connectivity index (χ0v) is 13.8. The fraction of sp³-hybridized carbons (Fsp3) is 0.125. The predicted molar refractivity (Wildman–Crippen MR) is 89.6 cm³/mol. The molecule has 0 atom stereocenters. The van der Waals surface area contributed by atoms with Crippen molar-refractivity contribution in [3.8, 4) is 0 Å². The van der Waals surface area contributed by atoms with Gasteiger partial charge in [-0.15, -0.1) is 0 Å². The quantitative estimate of drug-likeness (QED) is 0.678. The highest BCUT2D eigenvalue weighted by Crippen LogP contribution is 2.10. The van der Waals surface area contributed by atoms with Gasteiger partial charge in [0.1, 0.15) is 5.82 Å². The van der Waals surface area contributed by atoms with Crippen molar-refractivity contribution in [3.05, 3.63) is 59.9 Å². The van der Waals surface area contributed by atoms with Crippen molar-refractivity contribution in [2.75, 3.05) is 11.9 Å². The first-order valence-electron chi connectivity index (χ1n) is 7.22. The van der Waals surface area contributed by atoms with E-state index in [1.54, 1.807) is 12.1 Å². The Balaban J connectivity index is 1.82. The Bertz CT molecular complexity index is 883. The summed E-state index contributed by atoms with van der Waals surface area (Å²) in [7, 11) is -3.75. The van der Waals surface area contributed by atoms with Crippen LogP contribution in [0.1, 0.15) is 5.56 Å². The lowest BCUT2D eigenvalue weighted by molar-refractivity contribution is -0.136. The van der Waals surface area contributed by atoms with Gasteiger partial charge in [0.25, 0.3) is 0 Å². The molecule has 0 aliphatic carbocycles. The van der Waals surface area contributed by atoms with Crippen molar-refractivity contribution in [2.24, 2.45) is 5.14 Å². The number of primary sulfonamides is 1. The lowest BCUT2D eigenvalue weighted by Gasteiger charge is -2.07. The molecule has 2 aromatic rings. The van der Waals surface area contributed by atoms with Gasteiger partial charge in [-0.25, -0.2) is 17.9 Å². The second-order valence-corrected chi connectivity index (χ2v) is 6.72. The highest BCUT2D eigenvalue weighted by molar-refractivity contribution is 7.89. The number of amides is 2. The van der Waals surface area contributed by atoms with Crippen molar-refractivity contribution in [1.82, 2.24) is 5.32 Å². The van der Waals surface area contributed by atoms with Gasteiger partial charge >= 0.3 is 11.8 Å². The van der Waals surface area contributed by atoms with Crippen LogP contribution in [0.3, 0.4) is 0 Å². The Morgan fingerprint density at radius 2 is 1.72 bits per heavy atom. The van der Waals surface area contributed by atoms with E-state index in [1.807, 2.05) is 0 Å². The monoisotopic (exact) mass is 365 g/mol. The molecule has 0 spiro atoms. The summed E-state index contributed by atoms with van der Waals surface area (Å²) in [5.74, 6) is -2.29. The third-order valence-electron chi connectivity index (χ3n) is 3.24. The minimum Gasteiger partial charge on any atom is -0.347 e. The number of nitrogens with two attached hydrogens (primary N) is 1. The number of carbonyl (C=O) groups is 2. The van der Waals surface area contributed by atoms with Gasteiger partial charge < -0.3 is 10.6 Å². The van der Waals surface area contributed by atoms with E-state index in [2.05, 4.69) is 10.6 Å². The van der Waals surface area contributed by atoms with Crippen LogP contribution in [0.15, 0.2) is 53.4 Å². The number of sulfonamides is 1. The molecule has 2 amide bonds. The molecule has 0 unspecified atom stereocenters. The standard InChI is InChI=1S/C16H16FN3O4S/c17-12-2-1-3-13(10-12)20-16(22)15(21)19-9-8-11-4-6-14(7-5-11)25(18,23)24/h1-7,10H,8-9H2,(H,19,21)(H,20,22)(H2,18,23,24). The van der Waals surface area contributed by atoms with Crippen molar-refractivity contribution in [3.63, 3.8) is 0 Å². The molecule has 9 heteroatoms. The lowest BCUT2D eigenvalue weighted by Crippen LogP contribution is -2.36. The maximum Gasteiger partial charge on any atom is 0.313 e. The first-order chi connectivity index (χ1) is 11.8. The van der Waals surface area contributed by atoms with E-state index in [0.29, 0.717) is 6.42 Å². The highest BCUT2D eigenvalue weighted by Gasteiger charge is 2.13. The third kappa shape index (κ3) is 5.66. The lowest BCUT2D eigenvalue weighted by atomic mass is 10.1. The molecule has 0 radical (unpaired) electrons. The average Bonchev–Trinajstić information content (AvgIpc) is 2.54. The van der Waals surface area contributed by atoms with Crippen LogP contribution in [0.4, 0.5) is 10.1 Å². The molecular weight excluding hydrogens is 349 g/mol. The van der Waals surface area contributed by atoms with Crippen LogP contribution in [0.2, 0.25) is 0 Å². The van der Waals surface area contributed by atoms with Gasteiger partial charge in [-0.05, 0) is 42.3 Å². The zero-order valence-electron chi connectivity index (χ0n) is 13.0. The number of anilines is 1. The second kappa shape index (κ2) is 7.86. The largest absolute Gasteiger partial charge is 0.347 e. The first-order valence-corrected chi connectivity index (χ1v) is 8.77. The summed E-state index contributed by atoms with van der Waals surface area (Å²) in [5.41, 5.74) is 0.942. The van der Waals surface area contributed by atoms with Crippen molar-refractivity contribution >= 4 is 27.5 Å². The summed E-state index contributed by atoms with van der Waals surface area (Å²) in [6, 6.07) is 11.0. The number of hydrogen-bond donors (Lipinski definition) is 3. The van der Waals surface area contributed by atoms with Crippen LogP contribution in [0.5, 0.6) is 0 Å². The Morgan fingerprint density at radius 3 is 2.32 bits per heavy atom. The molecule has 25 heavy (non-hydrogen) atoms. The van der Waals surface area contributed by atoms with Gasteiger partial charge in [-0.3, -0.25) is 9.59 Å². The molecule has 0 bridgehead atoms.